The third-order valence-electron chi connectivity index (χ3n) is 2.74. The molecule has 0 saturated carbocycles. The molecule has 110 valence electrons. The topological polar surface area (TPSA) is 30.8 Å². The highest BCUT2D eigenvalue weighted by Gasteiger charge is 2.07. The standard InChI is InChI=1S/C16H15Br2NO2/c1-3-21-14-6-4-13(5-7-14)19-10-11-8-12(17)9-15(18)16(11)20-2/h4-10H,3H2,1-2H3. The maximum Gasteiger partial charge on any atom is 0.141 e. The first-order valence-corrected chi connectivity index (χ1v) is 8.02. The van der Waals surface area contributed by atoms with Crippen molar-refractivity contribution < 1.29 is 9.47 Å². The zero-order valence-electron chi connectivity index (χ0n) is 11.8. The maximum atomic E-state index is 5.41. The Bertz CT molecular complexity index is 639. The summed E-state index contributed by atoms with van der Waals surface area (Å²) >= 11 is 6.94. The minimum Gasteiger partial charge on any atom is -0.495 e. The minimum atomic E-state index is 0.659. The second-order valence-electron chi connectivity index (χ2n) is 4.20. The van der Waals surface area contributed by atoms with E-state index in [0.717, 1.165) is 31.7 Å². The number of hydrogen-bond acceptors (Lipinski definition) is 3. The molecule has 21 heavy (non-hydrogen) atoms. The quantitative estimate of drug-likeness (QED) is 0.618. The number of benzene rings is 2. The van der Waals surface area contributed by atoms with Crippen LogP contribution < -0.4 is 9.47 Å². The van der Waals surface area contributed by atoms with Crippen molar-refractivity contribution in [3.8, 4) is 11.5 Å². The van der Waals surface area contributed by atoms with Gasteiger partial charge in [-0.15, -0.1) is 0 Å². The van der Waals surface area contributed by atoms with E-state index in [9.17, 15) is 0 Å². The minimum absolute atomic E-state index is 0.659. The van der Waals surface area contributed by atoms with E-state index in [4.69, 9.17) is 9.47 Å². The lowest BCUT2D eigenvalue weighted by Gasteiger charge is -2.08. The summed E-state index contributed by atoms with van der Waals surface area (Å²) in [5, 5.41) is 0. The summed E-state index contributed by atoms with van der Waals surface area (Å²) in [5.74, 6) is 1.60. The Labute approximate surface area is 141 Å². The third kappa shape index (κ3) is 4.32. The number of aliphatic imine (C=N–C) groups is 1. The summed E-state index contributed by atoms with van der Waals surface area (Å²) in [6, 6.07) is 11.5. The molecule has 0 saturated heterocycles. The summed E-state index contributed by atoms with van der Waals surface area (Å²) in [7, 11) is 1.64. The lowest BCUT2D eigenvalue weighted by Crippen LogP contribution is -1.92. The van der Waals surface area contributed by atoms with Crippen molar-refractivity contribution in [2.75, 3.05) is 13.7 Å². The Morgan fingerprint density at radius 3 is 2.48 bits per heavy atom. The van der Waals surface area contributed by atoms with Crippen molar-refractivity contribution in [3.63, 3.8) is 0 Å². The number of methoxy groups -OCH3 is 1. The van der Waals surface area contributed by atoms with Crippen LogP contribution in [0.5, 0.6) is 11.5 Å². The second-order valence-corrected chi connectivity index (χ2v) is 5.97. The van der Waals surface area contributed by atoms with E-state index in [0.29, 0.717) is 6.61 Å². The molecule has 0 spiro atoms. The van der Waals surface area contributed by atoms with E-state index in [2.05, 4.69) is 36.9 Å². The Hall–Kier alpha value is -1.33. The van der Waals surface area contributed by atoms with Crippen LogP contribution in [0.15, 0.2) is 50.3 Å². The number of nitrogens with zero attached hydrogens (tertiary/aromatic N) is 1. The van der Waals surface area contributed by atoms with Gasteiger partial charge in [-0.1, -0.05) is 15.9 Å². The van der Waals surface area contributed by atoms with Crippen LogP contribution in [0, 0.1) is 0 Å². The van der Waals surface area contributed by atoms with Crippen LogP contribution in [0.4, 0.5) is 5.69 Å². The van der Waals surface area contributed by atoms with Crippen LogP contribution >= 0.6 is 31.9 Å². The van der Waals surface area contributed by atoms with E-state index in [-0.39, 0.29) is 0 Å². The molecule has 0 amide bonds. The highest BCUT2D eigenvalue weighted by atomic mass is 79.9. The normalized spacial score (nSPS) is 10.9. The van der Waals surface area contributed by atoms with Crippen LogP contribution in [0.25, 0.3) is 0 Å². The molecule has 0 aliphatic carbocycles. The molecule has 3 nitrogen and oxygen atoms in total. The molecule has 0 aromatic heterocycles. The van der Waals surface area contributed by atoms with Gasteiger partial charge in [0.05, 0.1) is 23.9 Å². The lowest BCUT2D eigenvalue weighted by atomic mass is 10.2. The Morgan fingerprint density at radius 2 is 1.86 bits per heavy atom. The summed E-state index contributed by atoms with van der Waals surface area (Å²) in [6.45, 7) is 2.62. The van der Waals surface area contributed by atoms with Crippen LogP contribution in [-0.2, 0) is 0 Å². The number of rotatable bonds is 5. The zero-order chi connectivity index (χ0) is 15.2. The van der Waals surface area contributed by atoms with Gasteiger partial charge in [-0.2, -0.15) is 0 Å². The molecule has 2 rings (SSSR count). The van der Waals surface area contributed by atoms with Gasteiger partial charge in [0.2, 0.25) is 0 Å². The van der Waals surface area contributed by atoms with E-state index in [1.165, 1.54) is 0 Å². The summed E-state index contributed by atoms with van der Waals surface area (Å²) in [5.41, 5.74) is 1.75. The SMILES string of the molecule is CCOc1ccc(N=Cc2cc(Br)cc(Br)c2OC)cc1. The first-order valence-electron chi connectivity index (χ1n) is 6.44. The Kier molecular flexibility index (Phi) is 5.82. The maximum absolute atomic E-state index is 5.41. The van der Waals surface area contributed by atoms with Crippen LogP contribution in [0.1, 0.15) is 12.5 Å². The fourth-order valence-corrected chi connectivity index (χ4v) is 3.25. The fraction of sp³-hybridized carbons (Fsp3) is 0.188. The van der Waals surface area contributed by atoms with E-state index in [1.807, 2.05) is 43.3 Å². The highest BCUT2D eigenvalue weighted by Crippen LogP contribution is 2.32. The van der Waals surface area contributed by atoms with Gasteiger partial charge in [-0.05, 0) is 59.3 Å². The smallest absolute Gasteiger partial charge is 0.141 e. The van der Waals surface area contributed by atoms with Crippen LogP contribution in [-0.4, -0.2) is 19.9 Å². The van der Waals surface area contributed by atoms with Crippen molar-refractivity contribution >= 4 is 43.8 Å². The van der Waals surface area contributed by atoms with E-state index >= 15 is 0 Å². The van der Waals surface area contributed by atoms with Gasteiger partial charge in [0.25, 0.3) is 0 Å². The average Bonchev–Trinajstić information content (AvgIpc) is 2.46. The van der Waals surface area contributed by atoms with Gasteiger partial charge in [-0.3, -0.25) is 4.99 Å². The first kappa shape index (κ1) is 16.0. The molecular weight excluding hydrogens is 398 g/mol. The van der Waals surface area contributed by atoms with Crippen molar-refractivity contribution in [2.24, 2.45) is 4.99 Å². The molecule has 0 atom stereocenters. The fourth-order valence-electron chi connectivity index (χ4n) is 1.83. The second kappa shape index (κ2) is 7.61. The largest absolute Gasteiger partial charge is 0.495 e. The number of ether oxygens (including phenoxy) is 2. The molecule has 2 aromatic carbocycles. The van der Waals surface area contributed by atoms with Gasteiger partial charge < -0.3 is 9.47 Å². The molecule has 0 aliphatic heterocycles. The molecule has 0 aliphatic rings. The summed E-state index contributed by atoms with van der Waals surface area (Å²) < 4.78 is 12.6. The molecule has 0 bridgehead atoms. The molecule has 0 radical (unpaired) electrons. The predicted molar refractivity (Wildman–Crippen MR) is 93.3 cm³/mol. The monoisotopic (exact) mass is 411 g/mol. The first-order chi connectivity index (χ1) is 10.1. The van der Waals surface area contributed by atoms with Gasteiger partial charge in [-0.25, -0.2) is 0 Å². The van der Waals surface area contributed by atoms with Gasteiger partial charge in [0.1, 0.15) is 11.5 Å². The zero-order valence-corrected chi connectivity index (χ0v) is 14.9. The average molecular weight is 413 g/mol. The molecule has 0 unspecified atom stereocenters. The predicted octanol–water partition coefficient (Wildman–Crippen LogP) is 5.37. The number of hydrogen-bond donors (Lipinski definition) is 0. The van der Waals surface area contributed by atoms with E-state index in [1.54, 1.807) is 13.3 Å². The van der Waals surface area contributed by atoms with E-state index < -0.39 is 0 Å². The van der Waals surface area contributed by atoms with Crippen molar-refractivity contribution in [2.45, 2.75) is 6.92 Å². The highest BCUT2D eigenvalue weighted by molar-refractivity contribution is 9.11. The van der Waals surface area contributed by atoms with Crippen LogP contribution in [0.2, 0.25) is 0 Å². The van der Waals surface area contributed by atoms with Crippen LogP contribution in [0.3, 0.4) is 0 Å². The van der Waals surface area contributed by atoms with Gasteiger partial charge >= 0.3 is 0 Å². The molecule has 0 N–H and O–H groups in total. The summed E-state index contributed by atoms with van der Waals surface area (Å²) in [6.07, 6.45) is 1.78. The lowest BCUT2D eigenvalue weighted by molar-refractivity contribution is 0.340. The van der Waals surface area contributed by atoms with Gasteiger partial charge in [0.15, 0.2) is 0 Å². The molecule has 0 heterocycles. The van der Waals surface area contributed by atoms with Crippen molar-refractivity contribution in [1.82, 2.24) is 0 Å². The number of halogens is 2. The van der Waals surface area contributed by atoms with Gasteiger partial charge in [0, 0.05) is 16.3 Å². The molecule has 2 aromatic rings. The van der Waals surface area contributed by atoms with Crippen molar-refractivity contribution in [1.29, 1.82) is 0 Å². The Balaban J connectivity index is 2.24. The molecule has 5 heteroatoms. The molecular formula is C16H15Br2NO2. The summed E-state index contributed by atoms with van der Waals surface area (Å²) in [4.78, 5) is 4.47. The Morgan fingerprint density at radius 1 is 1.14 bits per heavy atom. The van der Waals surface area contributed by atoms with Crippen molar-refractivity contribution in [3.05, 3.63) is 50.9 Å². The third-order valence-corrected chi connectivity index (χ3v) is 3.79. The molecule has 0 fully saturated rings.